The van der Waals surface area contributed by atoms with E-state index in [1.165, 1.54) is 10.9 Å². The molecule has 2 rings (SSSR count). The van der Waals surface area contributed by atoms with Crippen molar-refractivity contribution in [2.75, 3.05) is 0 Å². The van der Waals surface area contributed by atoms with Gasteiger partial charge < -0.3 is 9.67 Å². The Bertz CT molecular complexity index is 471. The number of hydrogen-bond donors (Lipinski definition) is 1. The van der Waals surface area contributed by atoms with Crippen molar-refractivity contribution >= 4 is 10.9 Å². The number of phenolic OH excluding ortho intramolecular Hbond substituents is 1. The fourth-order valence-corrected chi connectivity index (χ4v) is 2.11. The molecule has 0 unspecified atom stereocenters. The Morgan fingerprint density at radius 3 is 2.67 bits per heavy atom. The lowest BCUT2D eigenvalue weighted by atomic mass is 10.0. The molecule has 1 aromatic carbocycles. The number of aryl methyl sites for hydroxylation is 2. The molecule has 1 N–H and O–H groups in total. The third-order valence-corrected chi connectivity index (χ3v) is 2.88. The van der Waals surface area contributed by atoms with Crippen LogP contribution in [0.25, 0.3) is 10.9 Å². The number of rotatable bonds is 3. The molecule has 0 aliphatic carbocycles. The van der Waals surface area contributed by atoms with Crippen molar-refractivity contribution in [1.29, 1.82) is 0 Å². The number of phenols is 1. The highest BCUT2D eigenvalue weighted by atomic mass is 16.3. The van der Waals surface area contributed by atoms with E-state index in [0.717, 1.165) is 24.9 Å². The van der Waals surface area contributed by atoms with Crippen LogP contribution in [0.15, 0.2) is 24.4 Å². The summed E-state index contributed by atoms with van der Waals surface area (Å²) < 4.78 is 2.20. The molecule has 2 nitrogen and oxygen atoms in total. The first kappa shape index (κ1) is 10.1. The zero-order valence-electron chi connectivity index (χ0n) is 9.33. The van der Waals surface area contributed by atoms with Crippen LogP contribution < -0.4 is 0 Å². The van der Waals surface area contributed by atoms with Crippen molar-refractivity contribution in [3.05, 3.63) is 30.0 Å². The van der Waals surface area contributed by atoms with Gasteiger partial charge in [-0.25, -0.2) is 0 Å². The minimum Gasteiger partial charge on any atom is -0.508 e. The van der Waals surface area contributed by atoms with Crippen LogP contribution in [-0.2, 0) is 13.0 Å². The van der Waals surface area contributed by atoms with E-state index in [-0.39, 0.29) is 0 Å². The van der Waals surface area contributed by atoms with E-state index >= 15 is 0 Å². The Balaban J connectivity index is 2.66. The summed E-state index contributed by atoms with van der Waals surface area (Å²) in [5, 5.41) is 11.0. The summed E-state index contributed by atoms with van der Waals surface area (Å²) in [5.41, 5.74) is 2.31. The third-order valence-electron chi connectivity index (χ3n) is 2.88. The highest BCUT2D eigenvalue weighted by Crippen LogP contribution is 2.29. The summed E-state index contributed by atoms with van der Waals surface area (Å²) in [5.74, 6) is 0.429. The summed E-state index contributed by atoms with van der Waals surface area (Å²) in [6.45, 7) is 5.24. The maximum absolute atomic E-state index is 9.81. The molecule has 1 heterocycles. The first-order valence-electron chi connectivity index (χ1n) is 5.57. The molecule has 80 valence electrons. The number of fused-ring (bicyclic) bond motifs is 1. The van der Waals surface area contributed by atoms with Gasteiger partial charge in [-0.15, -0.1) is 0 Å². The second-order valence-corrected chi connectivity index (χ2v) is 3.85. The van der Waals surface area contributed by atoms with Gasteiger partial charge in [0.25, 0.3) is 0 Å². The molecule has 0 saturated carbocycles. The highest BCUT2D eigenvalue weighted by Gasteiger charge is 2.08. The molecule has 2 aromatic rings. The average molecular weight is 203 g/mol. The van der Waals surface area contributed by atoms with Crippen molar-refractivity contribution in [3.63, 3.8) is 0 Å². The molecule has 1 aromatic heterocycles. The minimum atomic E-state index is 0.429. The molecule has 0 amide bonds. The van der Waals surface area contributed by atoms with Crippen LogP contribution in [-0.4, -0.2) is 9.67 Å². The summed E-state index contributed by atoms with van der Waals surface area (Å²) in [4.78, 5) is 0. The van der Waals surface area contributed by atoms with E-state index < -0.39 is 0 Å². The van der Waals surface area contributed by atoms with Gasteiger partial charge in [0.1, 0.15) is 5.75 Å². The Labute approximate surface area is 90.2 Å². The van der Waals surface area contributed by atoms with Crippen molar-refractivity contribution in [2.45, 2.75) is 33.2 Å². The smallest absolute Gasteiger partial charge is 0.119 e. The molecule has 0 radical (unpaired) electrons. The van der Waals surface area contributed by atoms with Crippen LogP contribution in [0, 0.1) is 0 Å². The van der Waals surface area contributed by atoms with E-state index in [9.17, 15) is 5.11 Å². The molecule has 0 saturated heterocycles. The first-order chi connectivity index (χ1) is 7.27. The van der Waals surface area contributed by atoms with Crippen molar-refractivity contribution in [1.82, 2.24) is 4.57 Å². The molecular weight excluding hydrogens is 186 g/mol. The van der Waals surface area contributed by atoms with Gasteiger partial charge in [0, 0.05) is 29.2 Å². The Morgan fingerprint density at radius 1 is 1.20 bits per heavy atom. The van der Waals surface area contributed by atoms with Crippen LogP contribution in [0.1, 0.15) is 25.8 Å². The standard InChI is InChI=1S/C13H17NO/c1-3-5-11-10-8-9-14(4-2)12(10)6-7-13(11)15/h6-9,15H,3-5H2,1-2H3. The quantitative estimate of drug-likeness (QED) is 0.813. The Hall–Kier alpha value is -1.44. The lowest BCUT2D eigenvalue weighted by Crippen LogP contribution is -1.92. The summed E-state index contributed by atoms with van der Waals surface area (Å²) >= 11 is 0. The zero-order chi connectivity index (χ0) is 10.8. The molecular formula is C13H17NO. The van der Waals surface area contributed by atoms with E-state index in [4.69, 9.17) is 0 Å². The molecule has 0 fully saturated rings. The van der Waals surface area contributed by atoms with Gasteiger partial charge in [-0.05, 0) is 31.5 Å². The van der Waals surface area contributed by atoms with Crippen LogP contribution in [0.2, 0.25) is 0 Å². The SMILES string of the molecule is CCCc1c(O)ccc2c1ccn2CC. The van der Waals surface area contributed by atoms with E-state index in [1.807, 2.05) is 6.07 Å². The van der Waals surface area contributed by atoms with Gasteiger partial charge in [0.05, 0.1) is 0 Å². The van der Waals surface area contributed by atoms with Gasteiger partial charge in [0.2, 0.25) is 0 Å². The molecule has 2 heteroatoms. The maximum Gasteiger partial charge on any atom is 0.119 e. The van der Waals surface area contributed by atoms with Gasteiger partial charge in [-0.3, -0.25) is 0 Å². The molecule has 0 atom stereocenters. The fourth-order valence-electron chi connectivity index (χ4n) is 2.11. The number of aromatic hydroxyl groups is 1. The minimum absolute atomic E-state index is 0.429. The van der Waals surface area contributed by atoms with E-state index in [1.54, 1.807) is 6.07 Å². The fraction of sp³-hybridized carbons (Fsp3) is 0.385. The highest BCUT2D eigenvalue weighted by molar-refractivity contribution is 5.85. The summed E-state index contributed by atoms with van der Waals surface area (Å²) in [6, 6.07) is 5.90. The average Bonchev–Trinajstić information content (AvgIpc) is 2.65. The van der Waals surface area contributed by atoms with E-state index in [2.05, 4.69) is 30.7 Å². The summed E-state index contributed by atoms with van der Waals surface area (Å²) in [7, 11) is 0. The van der Waals surface area contributed by atoms with Crippen molar-refractivity contribution in [2.24, 2.45) is 0 Å². The molecule has 15 heavy (non-hydrogen) atoms. The molecule has 0 aliphatic rings. The number of aromatic nitrogens is 1. The summed E-state index contributed by atoms with van der Waals surface area (Å²) in [6.07, 6.45) is 4.09. The van der Waals surface area contributed by atoms with E-state index in [0.29, 0.717) is 5.75 Å². The second-order valence-electron chi connectivity index (χ2n) is 3.85. The number of benzene rings is 1. The number of nitrogens with zero attached hydrogens (tertiary/aromatic N) is 1. The zero-order valence-corrected chi connectivity index (χ0v) is 9.33. The van der Waals surface area contributed by atoms with Crippen LogP contribution in [0.4, 0.5) is 0 Å². The lowest BCUT2D eigenvalue weighted by molar-refractivity contribution is 0.469. The van der Waals surface area contributed by atoms with Crippen LogP contribution in [0.3, 0.4) is 0 Å². The normalized spacial score (nSPS) is 11.1. The lowest BCUT2D eigenvalue weighted by Gasteiger charge is -2.06. The van der Waals surface area contributed by atoms with Gasteiger partial charge >= 0.3 is 0 Å². The first-order valence-corrected chi connectivity index (χ1v) is 5.57. The second kappa shape index (κ2) is 3.97. The maximum atomic E-state index is 9.81. The van der Waals surface area contributed by atoms with Gasteiger partial charge in [-0.2, -0.15) is 0 Å². The van der Waals surface area contributed by atoms with Crippen molar-refractivity contribution in [3.8, 4) is 5.75 Å². The molecule has 0 aliphatic heterocycles. The molecule has 0 spiro atoms. The van der Waals surface area contributed by atoms with Crippen LogP contribution >= 0.6 is 0 Å². The van der Waals surface area contributed by atoms with Crippen LogP contribution in [0.5, 0.6) is 5.75 Å². The number of hydrogen-bond acceptors (Lipinski definition) is 1. The predicted octanol–water partition coefficient (Wildman–Crippen LogP) is 3.32. The molecule has 0 bridgehead atoms. The largest absolute Gasteiger partial charge is 0.508 e. The Kier molecular flexibility index (Phi) is 2.67. The van der Waals surface area contributed by atoms with Crippen molar-refractivity contribution < 1.29 is 5.11 Å². The Morgan fingerprint density at radius 2 is 2.00 bits per heavy atom. The van der Waals surface area contributed by atoms with Gasteiger partial charge in [-0.1, -0.05) is 13.3 Å². The monoisotopic (exact) mass is 203 g/mol. The van der Waals surface area contributed by atoms with Gasteiger partial charge in [0.15, 0.2) is 0 Å². The predicted molar refractivity (Wildman–Crippen MR) is 63.3 cm³/mol. The third kappa shape index (κ3) is 1.60. The topological polar surface area (TPSA) is 25.2 Å².